The van der Waals surface area contributed by atoms with Crippen LogP contribution in [0.2, 0.25) is 5.02 Å². The molecule has 0 radical (unpaired) electrons. The summed E-state index contributed by atoms with van der Waals surface area (Å²) in [7, 11) is 0. The third-order valence-electron chi connectivity index (χ3n) is 3.40. The first-order valence-electron chi connectivity index (χ1n) is 8.06. The monoisotopic (exact) mass is 380 g/mol. The van der Waals surface area contributed by atoms with Gasteiger partial charge < -0.3 is 19.7 Å². The summed E-state index contributed by atoms with van der Waals surface area (Å²) in [5.41, 5.74) is 0.269. The number of benzene rings is 1. The van der Waals surface area contributed by atoms with Crippen LogP contribution in [0.15, 0.2) is 34.9 Å². The molecule has 1 aromatic carbocycles. The molecule has 1 heterocycles. The lowest BCUT2D eigenvalue weighted by atomic mass is 10.1. The van der Waals surface area contributed by atoms with Crippen LogP contribution in [0.5, 0.6) is 0 Å². The Morgan fingerprint density at radius 2 is 2.08 bits per heavy atom. The van der Waals surface area contributed by atoms with Crippen LogP contribution in [-0.4, -0.2) is 40.4 Å². The first kappa shape index (κ1) is 19.9. The maximum Gasteiger partial charge on any atom is 0.326 e. The smallest absolute Gasteiger partial charge is 0.326 e. The number of carboxylic acid groups (broad SMARTS) is 1. The van der Waals surface area contributed by atoms with E-state index in [2.05, 4.69) is 10.5 Å². The molecule has 1 aromatic heterocycles. The Kier molecular flexibility index (Phi) is 6.39. The lowest BCUT2D eigenvalue weighted by molar-refractivity contribution is -0.140. The Bertz CT molecular complexity index is 782. The Hall–Kier alpha value is -2.38. The fourth-order valence-corrected chi connectivity index (χ4v) is 2.32. The molecule has 0 aliphatic heterocycles. The van der Waals surface area contributed by atoms with E-state index >= 15 is 0 Å². The molecule has 2 aromatic rings. The number of rotatable bonds is 7. The molecule has 0 bridgehead atoms. The summed E-state index contributed by atoms with van der Waals surface area (Å²) >= 11 is 5.93. The van der Waals surface area contributed by atoms with Gasteiger partial charge in [0.05, 0.1) is 5.60 Å². The molecule has 1 amide bonds. The second-order valence-corrected chi connectivity index (χ2v) is 7.14. The normalized spacial score (nSPS) is 12.6. The van der Waals surface area contributed by atoms with E-state index in [-0.39, 0.29) is 24.3 Å². The van der Waals surface area contributed by atoms with Crippen LogP contribution in [-0.2, 0) is 9.53 Å². The Balaban J connectivity index is 2.02. The van der Waals surface area contributed by atoms with Crippen molar-refractivity contribution in [2.75, 3.05) is 6.61 Å². The van der Waals surface area contributed by atoms with Crippen LogP contribution in [0.3, 0.4) is 0 Å². The van der Waals surface area contributed by atoms with Crippen molar-refractivity contribution in [2.45, 2.75) is 38.8 Å². The van der Waals surface area contributed by atoms with Gasteiger partial charge in [0.25, 0.3) is 5.91 Å². The van der Waals surface area contributed by atoms with E-state index < -0.39 is 17.9 Å². The van der Waals surface area contributed by atoms with Gasteiger partial charge in [-0.25, -0.2) is 4.79 Å². The van der Waals surface area contributed by atoms with Gasteiger partial charge in [-0.2, -0.15) is 0 Å². The van der Waals surface area contributed by atoms with Crippen molar-refractivity contribution < 1.29 is 24.0 Å². The van der Waals surface area contributed by atoms with E-state index in [1.807, 2.05) is 20.8 Å². The molecule has 140 valence electrons. The van der Waals surface area contributed by atoms with Crippen LogP contribution in [0.25, 0.3) is 11.3 Å². The molecule has 26 heavy (non-hydrogen) atoms. The Morgan fingerprint density at radius 1 is 1.35 bits per heavy atom. The van der Waals surface area contributed by atoms with Gasteiger partial charge in [-0.05, 0) is 32.9 Å². The number of amides is 1. The molecular weight excluding hydrogens is 360 g/mol. The maximum absolute atomic E-state index is 12.3. The highest BCUT2D eigenvalue weighted by atomic mass is 35.5. The lowest BCUT2D eigenvalue weighted by Crippen LogP contribution is -2.42. The number of nitrogens with zero attached hydrogens (tertiary/aromatic N) is 1. The average molecular weight is 381 g/mol. The third-order valence-corrected chi connectivity index (χ3v) is 3.63. The highest BCUT2D eigenvalue weighted by molar-refractivity contribution is 6.30. The van der Waals surface area contributed by atoms with Crippen LogP contribution in [0.4, 0.5) is 0 Å². The first-order chi connectivity index (χ1) is 12.2. The largest absolute Gasteiger partial charge is 0.480 e. The van der Waals surface area contributed by atoms with Gasteiger partial charge in [0, 0.05) is 29.7 Å². The molecule has 0 saturated carbocycles. The summed E-state index contributed by atoms with van der Waals surface area (Å²) in [5, 5.41) is 15.9. The van der Waals surface area contributed by atoms with Gasteiger partial charge in [0.1, 0.15) is 6.04 Å². The van der Waals surface area contributed by atoms with Crippen LogP contribution in [0.1, 0.15) is 37.7 Å². The van der Waals surface area contributed by atoms with Crippen LogP contribution < -0.4 is 5.32 Å². The quantitative estimate of drug-likeness (QED) is 0.763. The maximum atomic E-state index is 12.3. The summed E-state index contributed by atoms with van der Waals surface area (Å²) in [6.07, 6.45) is 0.136. The van der Waals surface area contributed by atoms with Crippen molar-refractivity contribution in [1.82, 2.24) is 10.5 Å². The van der Waals surface area contributed by atoms with E-state index in [0.29, 0.717) is 16.3 Å². The molecule has 0 fully saturated rings. The van der Waals surface area contributed by atoms with E-state index in [1.54, 1.807) is 24.3 Å². The topological polar surface area (TPSA) is 102 Å². The number of carbonyl (C=O) groups excluding carboxylic acids is 1. The summed E-state index contributed by atoms with van der Waals surface area (Å²) in [5.74, 6) is -1.42. The molecule has 2 rings (SSSR count). The zero-order chi connectivity index (χ0) is 19.3. The molecule has 0 spiro atoms. The van der Waals surface area contributed by atoms with Gasteiger partial charge in [-0.1, -0.05) is 28.9 Å². The van der Waals surface area contributed by atoms with Crippen molar-refractivity contribution in [3.8, 4) is 11.3 Å². The minimum Gasteiger partial charge on any atom is -0.480 e. The summed E-state index contributed by atoms with van der Waals surface area (Å²) in [4.78, 5) is 23.6. The van der Waals surface area contributed by atoms with Crippen molar-refractivity contribution in [1.29, 1.82) is 0 Å². The van der Waals surface area contributed by atoms with E-state index in [0.717, 1.165) is 0 Å². The summed E-state index contributed by atoms with van der Waals surface area (Å²) in [6.45, 7) is 5.81. The number of carboxylic acids is 1. The average Bonchev–Trinajstić information content (AvgIpc) is 3.02. The molecule has 2 N–H and O–H groups in total. The zero-order valence-electron chi connectivity index (χ0n) is 14.8. The minimum absolute atomic E-state index is 0.0111. The second-order valence-electron chi connectivity index (χ2n) is 6.70. The van der Waals surface area contributed by atoms with Crippen molar-refractivity contribution in [3.63, 3.8) is 0 Å². The number of ether oxygens (including phenoxy) is 1. The number of hydrogen-bond donors (Lipinski definition) is 2. The lowest BCUT2D eigenvalue weighted by Gasteiger charge is -2.21. The number of carbonyl (C=O) groups is 2. The second kappa shape index (κ2) is 8.33. The minimum atomic E-state index is -1.14. The van der Waals surface area contributed by atoms with Gasteiger partial charge in [-0.15, -0.1) is 0 Å². The number of nitrogens with one attached hydrogen (secondary N) is 1. The van der Waals surface area contributed by atoms with Gasteiger partial charge >= 0.3 is 5.97 Å². The number of hydrogen-bond acceptors (Lipinski definition) is 5. The number of aromatic nitrogens is 1. The van der Waals surface area contributed by atoms with Gasteiger partial charge in [0.2, 0.25) is 0 Å². The molecule has 0 aliphatic carbocycles. The predicted molar refractivity (Wildman–Crippen MR) is 96.2 cm³/mol. The fourth-order valence-electron chi connectivity index (χ4n) is 2.13. The Labute approximate surface area is 156 Å². The summed E-state index contributed by atoms with van der Waals surface area (Å²) in [6, 6.07) is 7.25. The highest BCUT2D eigenvalue weighted by Gasteiger charge is 2.23. The SMILES string of the molecule is CC(C)(C)OCCC(NC(=O)c1cc(-c2cccc(Cl)c2)on1)C(=O)O. The number of halogens is 1. The van der Waals surface area contributed by atoms with Crippen molar-refractivity contribution in [2.24, 2.45) is 0 Å². The molecule has 0 aliphatic rings. The standard InChI is InChI=1S/C18H21ClN2O5/c1-18(2,3)25-8-7-13(17(23)24)20-16(22)14-10-15(26-21-14)11-5-4-6-12(19)9-11/h4-6,9-10,13H,7-8H2,1-3H3,(H,20,22)(H,23,24). The van der Waals surface area contributed by atoms with E-state index in [9.17, 15) is 14.7 Å². The molecule has 0 saturated heterocycles. The van der Waals surface area contributed by atoms with Crippen molar-refractivity contribution in [3.05, 3.63) is 41.0 Å². The fraction of sp³-hybridized carbons (Fsp3) is 0.389. The zero-order valence-corrected chi connectivity index (χ0v) is 15.5. The first-order valence-corrected chi connectivity index (χ1v) is 8.44. The predicted octanol–water partition coefficient (Wildman–Crippen LogP) is 3.38. The van der Waals surface area contributed by atoms with Crippen LogP contribution >= 0.6 is 11.6 Å². The molecule has 1 unspecified atom stereocenters. The third kappa shape index (κ3) is 5.86. The van der Waals surface area contributed by atoms with Gasteiger partial charge in [-0.3, -0.25) is 4.79 Å². The number of aliphatic carboxylic acids is 1. The summed E-state index contributed by atoms with van der Waals surface area (Å²) < 4.78 is 10.7. The molecular formula is C18H21ClN2O5. The van der Waals surface area contributed by atoms with Crippen LogP contribution in [0, 0.1) is 0 Å². The molecule has 7 nitrogen and oxygen atoms in total. The van der Waals surface area contributed by atoms with Gasteiger partial charge in [0.15, 0.2) is 11.5 Å². The van der Waals surface area contributed by atoms with E-state index in [4.69, 9.17) is 20.9 Å². The molecule has 1 atom stereocenters. The molecule has 8 heteroatoms. The van der Waals surface area contributed by atoms with E-state index in [1.165, 1.54) is 6.07 Å². The van der Waals surface area contributed by atoms with Crippen molar-refractivity contribution >= 4 is 23.5 Å². The Morgan fingerprint density at radius 3 is 2.69 bits per heavy atom. The highest BCUT2D eigenvalue weighted by Crippen LogP contribution is 2.23.